The fourth-order valence-electron chi connectivity index (χ4n) is 2.46. The van der Waals surface area contributed by atoms with Gasteiger partial charge in [-0.3, -0.25) is 4.79 Å². The molecule has 1 aliphatic heterocycles. The molecule has 1 saturated heterocycles. The van der Waals surface area contributed by atoms with Crippen molar-refractivity contribution in [2.75, 3.05) is 13.2 Å². The molecule has 7 nitrogen and oxygen atoms in total. The molecule has 0 bridgehead atoms. The highest BCUT2D eigenvalue weighted by atomic mass is 79.9. The number of rotatable bonds is 7. The number of alkyl halides is 1. The number of halogens is 1. The number of benzene rings is 1. The summed E-state index contributed by atoms with van der Waals surface area (Å²) in [5, 5.41) is 0. The summed E-state index contributed by atoms with van der Waals surface area (Å²) in [5.41, 5.74) is 0.920. The molecule has 0 aliphatic carbocycles. The minimum Gasteiger partial charge on any atom is -0.466 e. The van der Waals surface area contributed by atoms with Gasteiger partial charge in [0, 0.05) is 11.8 Å². The van der Waals surface area contributed by atoms with E-state index in [1.165, 1.54) is 19.1 Å². The maximum atomic E-state index is 12.8. The van der Waals surface area contributed by atoms with Gasteiger partial charge in [0.2, 0.25) is 0 Å². The molecule has 2 rings (SSSR count). The van der Waals surface area contributed by atoms with Crippen LogP contribution in [0.5, 0.6) is 0 Å². The van der Waals surface area contributed by atoms with Gasteiger partial charge in [0.15, 0.2) is 0 Å². The van der Waals surface area contributed by atoms with E-state index >= 15 is 0 Å². The monoisotopic (exact) mass is 433 g/mol. The van der Waals surface area contributed by atoms with E-state index in [1.54, 1.807) is 12.1 Å². The van der Waals surface area contributed by atoms with Crippen LogP contribution in [0.2, 0.25) is 0 Å². The van der Waals surface area contributed by atoms with E-state index < -0.39 is 22.2 Å². The van der Waals surface area contributed by atoms with E-state index in [0.29, 0.717) is 12.8 Å². The number of amides is 1. The number of aryl methyl sites for hydroxylation is 1. The molecule has 9 heteroatoms. The molecule has 0 saturated carbocycles. The smallest absolute Gasteiger partial charge is 0.424 e. The van der Waals surface area contributed by atoms with Crippen LogP contribution in [-0.2, 0) is 24.3 Å². The Balaban J connectivity index is 2.12. The zero-order valence-corrected chi connectivity index (χ0v) is 16.4. The molecule has 1 aliphatic rings. The second-order valence-electron chi connectivity index (χ2n) is 5.76. The lowest BCUT2D eigenvalue weighted by atomic mass is 10.1. The Hall–Kier alpha value is -1.61. The number of sulfonamides is 1. The van der Waals surface area contributed by atoms with Crippen molar-refractivity contribution in [1.82, 2.24) is 4.31 Å². The zero-order chi connectivity index (χ0) is 18.6. The fraction of sp³-hybridized carbons (Fsp3) is 0.500. The normalized spacial score (nSPS) is 18.8. The molecule has 1 unspecified atom stereocenters. The number of hydrogen-bond acceptors (Lipinski definition) is 6. The molecule has 0 N–H and O–H groups in total. The first-order valence-corrected chi connectivity index (χ1v) is 10.1. The first kappa shape index (κ1) is 19.7. The summed E-state index contributed by atoms with van der Waals surface area (Å²) in [6, 6.07) is 5.63. The second-order valence-corrected chi connectivity index (χ2v) is 8.75. The highest BCUT2D eigenvalue weighted by Gasteiger charge is 2.45. The highest BCUT2D eigenvalue weighted by molar-refractivity contribution is 9.09. The molecular formula is C16H20BrNO6S. The average molecular weight is 434 g/mol. The molecule has 0 spiro atoms. The van der Waals surface area contributed by atoms with Crippen molar-refractivity contribution in [3.05, 3.63) is 29.8 Å². The van der Waals surface area contributed by atoms with Gasteiger partial charge in [-0.05, 0) is 31.9 Å². The Morgan fingerprint density at radius 1 is 1.40 bits per heavy atom. The van der Waals surface area contributed by atoms with Gasteiger partial charge in [0.25, 0.3) is 10.0 Å². The minimum absolute atomic E-state index is 0.0204. The summed E-state index contributed by atoms with van der Waals surface area (Å²) in [7, 11) is -4.00. The largest absolute Gasteiger partial charge is 0.466 e. The van der Waals surface area contributed by atoms with E-state index in [1.807, 2.05) is 6.92 Å². The van der Waals surface area contributed by atoms with Crippen molar-refractivity contribution in [2.24, 2.45) is 0 Å². The number of carbonyl (C=O) groups is 2. The van der Waals surface area contributed by atoms with Crippen molar-refractivity contribution in [1.29, 1.82) is 0 Å². The lowest BCUT2D eigenvalue weighted by molar-refractivity contribution is -0.141. The quantitative estimate of drug-likeness (QED) is 0.372. The second kappa shape index (κ2) is 8.18. The molecule has 1 aromatic rings. The third-order valence-electron chi connectivity index (χ3n) is 3.78. The van der Waals surface area contributed by atoms with Crippen LogP contribution in [0.3, 0.4) is 0 Å². The summed E-state index contributed by atoms with van der Waals surface area (Å²) >= 11 is 3.44. The molecule has 25 heavy (non-hydrogen) atoms. The maximum Gasteiger partial charge on any atom is 0.424 e. The highest BCUT2D eigenvalue weighted by Crippen LogP contribution is 2.29. The molecule has 2 atom stereocenters. The number of carbonyl (C=O) groups excluding carboxylic acids is 2. The van der Waals surface area contributed by atoms with E-state index in [-0.39, 0.29) is 28.9 Å². The standard InChI is InChI=1S/C16H20BrNO6S/c1-11-5-7-13(8-6-11)25(21,22)18-15(10-24-16(18)20)14(17)4-3-9-23-12(2)19/h5-8,14-15H,3-4,9-10H2,1-2H3/t14-,15?/m1/s1. The topological polar surface area (TPSA) is 90.0 Å². The van der Waals surface area contributed by atoms with Gasteiger partial charge in [-0.2, -0.15) is 4.31 Å². The summed E-state index contributed by atoms with van der Waals surface area (Å²) in [6.07, 6.45) is 0.183. The molecule has 1 heterocycles. The molecular weight excluding hydrogens is 414 g/mol. The van der Waals surface area contributed by atoms with Gasteiger partial charge in [-0.1, -0.05) is 33.6 Å². The third kappa shape index (κ3) is 4.72. The van der Waals surface area contributed by atoms with Crippen molar-refractivity contribution < 1.29 is 27.5 Å². The van der Waals surface area contributed by atoms with Crippen molar-refractivity contribution in [3.8, 4) is 0 Å². The SMILES string of the molecule is CC(=O)OCCC[C@@H](Br)C1COC(=O)N1S(=O)(=O)c1ccc(C)cc1. The van der Waals surface area contributed by atoms with Crippen LogP contribution >= 0.6 is 15.9 Å². The van der Waals surface area contributed by atoms with E-state index in [4.69, 9.17) is 9.47 Å². The van der Waals surface area contributed by atoms with Crippen molar-refractivity contribution in [3.63, 3.8) is 0 Å². The average Bonchev–Trinajstić information content (AvgIpc) is 2.94. The number of hydrogen-bond donors (Lipinski definition) is 0. The predicted molar refractivity (Wildman–Crippen MR) is 93.9 cm³/mol. The lowest BCUT2D eigenvalue weighted by Gasteiger charge is -2.25. The Morgan fingerprint density at radius 2 is 2.04 bits per heavy atom. The first-order valence-electron chi connectivity index (χ1n) is 7.79. The number of nitrogens with zero attached hydrogens (tertiary/aromatic N) is 1. The minimum atomic E-state index is -4.00. The molecule has 0 aromatic heterocycles. The van der Waals surface area contributed by atoms with E-state index in [0.717, 1.165) is 9.87 Å². The summed E-state index contributed by atoms with van der Waals surface area (Å²) in [5.74, 6) is -0.367. The number of cyclic esters (lactones) is 1. The Kier molecular flexibility index (Phi) is 6.45. The number of esters is 1. The van der Waals surface area contributed by atoms with E-state index in [2.05, 4.69) is 15.9 Å². The van der Waals surface area contributed by atoms with Gasteiger partial charge in [-0.25, -0.2) is 13.2 Å². The zero-order valence-electron chi connectivity index (χ0n) is 14.0. The Labute approximate surface area is 155 Å². The van der Waals surface area contributed by atoms with Crippen LogP contribution in [0.15, 0.2) is 29.2 Å². The van der Waals surface area contributed by atoms with Crippen molar-refractivity contribution in [2.45, 2.75) is 42.5 Å². The summed E-state index contributed by atoms with van der Waals surface area (Å²) in [6.45, 7) is 3.39. The van der Waals surface area contributed by atoms with Crippen LogP contribution < -0.4 is 0 Å². The summed E-state index contributed by atoms with van der Waals surface area (Å²) < 4.78 is 36.3. The van der Waals surface area contributed by atoms with Gasteiger partial charge in [0.05, 0.1) is 17.5 Å². The van der Waals surface area contributed by atoms with Crippen molar-refractivity contribution >= 4 is 38.0 Å². The van der Waals surface area contributed by atoms with Crippen LogP contribution in [0, 0.1) is 6.92 Å². The van der Waals surface area contributed by atoms with Crippen LogP contribution in [-0.4, -0.2) is 48.9 Å². The maximum absolute atomic E-state index is 12.8. The van der Waals surface area contributed by atoms with Crippen LogP contribution in [0.4, 0.5) is 4.79 Å². The van der Waals surface area contributed by atoms with Gasteiger partial charge >= 0.3 is 12.1 Å². The molecule has 0 radical (unpaired) electrons. The fourth-order valence-corrected chi connectivity index (χ4v) is 4.85. The first-order chi connectivity index (χ1) is 11.7. The van der Waals surface area contributed by atoms with Gasteiger partial charge in [-0.15, -0.1) is 0 Å². The molecule has 138 valence electrons. The Morgan fingerprint density at radius 3 is 2.64 bits per heavy atom. The van der Waals surface area contributed by atoms with Gasteiger partial charge < -0.3 is 9.47 Å². The van der Waals surface area contributed by atoms with Gasteiger partial charge in [0.1, 0.15) is 6.61 Å². The Bertz CT molecular complexity index is 733. The van der Waals surface area contributed by atoms with E-state index in [9.17, 15) is 18.0 Å². The third-order valence-corrected chi connectivity index (χ3v) is 6.66. The summed E-state index contributed by atoms with van der Waals surface area (Å²) in [4.78, 5) is 22.5. The van der Waals surface area contributed by atoms with Crippen LogP contribution in [0.1, 0.15) is 25.3 Å². The molecule has 1 fully saturated rings. The predicted octanol–water partition coefficient (Wildman–Crippen LogP) is 2.61. The van der Waals surface area contributed by atoms with Crippen LogP contribution in [0.25, 0.3) is 0 Å². The molecule has 1 amide bonds. The molecule has 1 aromatic carbocycles. The number of ether oxygens (including phenoxy) is 2. The lowest BCUT2D eigenvalue weighted by Crippen LogP contribution is -2.43.